The van der Waals surface area contributed by atoms with Crippen LogP contribution in [-0.2, 0) is 29.3 Å². The van der Waals surface area contributed by atoms with Crippen LogP contribution in [0, 0.1) is 0 Å². The van der Waals surface area contributed by atoms with E-state index in [1.165, 1.54) is 93.2 Å². The van der Waals surface area contributed by atoms with Gasteiger partial charge < -0.3 is 0 Å². The van der Waals surface area contributed by atoms with Crippen LogP contribution in [0.1, 0.15) is 122 Å². The van der Waals surface area contributed by atoms with Gasteiger partial charge in [0.1, 0.15) is 0 Å². The van der Waals surface area contributed by atoms with Gasteiger partial charge in [0.25, 0.3) is 0 Å². The summed E-state index contributed by atoms with van der Waals surface area (Å²) in [7, 11) is 0. The Labute approximate surface area is 232 Å². The third kappa shape index (κ3) is 12.5. The minimum atomic E-state index is 0. The molecule has 0 heterocycles. The van der Waals surface area contributed by atoms with Crippen molar-refractivity contribution in [1.29, 1.82) is 0 Å². The van der Waals surface area contributed by atoms with Crippen molar-refractivity contribution in [3.05, 3.63) is 59.7 Å². The molecule has 0 unspecified atom stereocenters. The SMILES string of the molecule is CCCCCCCCC(=Nc1ccccc1)C(CCCCC)=Nc1ccc(CCC)c(CCC)c1.[Ni]. The van der Waals surface area contributed by atoms with Crippen LogP contribution in [0.5, 0.6) is 0 Å². The number of benzene rings is 2. The van der Waals surface area contributed by atoms with E-state index in [-0.39, 0.29) is 16.5 Å². The Morgan fingerprint density at radius 1 is 0.528 bits per heavy atom. The fourth-order valence-corrected chi connectivity index (χ4v) is 4.66. The summed E-state index contributed by atoms with van der Waals surface area (Å²) in [6.07, 6.45) is 18.1. The molecule has 0 amide bonds. The normalized spacial score (nSPS) is 12.0. The zero-order chi connectivity index (χ0) is 25.1. The van der Waals surface area contributed by atoms with E-state index in [1.54, 1.807) is 0 Å². The number of nitrogens with zero attached hydrogens (tertiary/aromatic N) is 2. The van der Waals surface area contributed by atoms with Gasteiger partial charge in [0.2, 0.25) is 0 Å². The molecule has 0 saturated carbocycles. The predicted molar refractivity (Wildman–Crippen MR) is 157 cm³/mol. The van der Waals surface area contributed by atoms with Gasteiger partial charge in [-0.3, -0.25) is 9.98 Å². The van der Waals surface area contributed by atoms with Gasteiger partial charge in [0.05, 0.1) is 22.8 Å². The van der Waals surface area contributed by atoms with Gasteiger partial charge in [0, 0.05) is 16.5 Å². The van der Waals surface area contributed by atoms with Crippen LogP contribution < -0.4 is 0 Å². The minimum Gasteiger partial charge on any atom is -0.252 e. The van der Waals surface area contributed by atoms with Gasteiger partial charge in [-0.05, 0) is 73.9 Å². The molecule has 2 rings (SSSR count). The number of hydrogen-bond acceptors (Lipinski definition) is 2. The van der Waals surface area contributed by atoms with Crippen LogP contribution >= 0.6 is 0 Å². The minimum absolute atomic E-state index is 0. The molecule has 0 aliphatic rings. The first-order valence-corrected chi connectivity index (χ1v) is 14.5. The molecule has 0 fully saturated rings. The molecule has 3 heteroatoms. The Kier molecular flexibility index (Phi) is 18.3. The van der Waals surface area contributed by atoms with Gasteiger partial charge in [-0.2, -0.15) is 0 Å². The molecule has 2 aromatic carbocycles. The third-order valence-electron chi connectivity index (χ3n) is 6.63. The molecule has 0 aromatic heterocycles. The number of rotatable bonds is 18. The fraction of sp³-hybridized carbons (Fsp3) is 0.576. The van der Waals surface area contributed by atoms with Crippen molar-refractivity contribution < 1.29 is 16.5 Å². The van der Waals surface area contributed by atoms with Crippen LogP contribution in [0.4, 0.5) is 11.4 Å². The molecular formula is C33H50N2Ni. The van der Waals surface area contributed by atoms with Crippen molar-refractivity contribution in [1.82, 2.24) is 0 Å². The van der Waals surface area contributed by atoms with Crippen molar-refractivity contribution in [2.75, 3.05) is 0 Å². The maximum absolute atomic E-state index is 5.29. The van der Waals surface area contributed by atoms with E-state index < -0.39 is 0 Å². The average molecular weight is 533 g/mol. The largest absolute Gasteiger partial charge is 0.252 e. The van der Waals surface area contributed by atoms with E-state index in [4.69, 9.17) is 9.98 Å². The molecule has 2 nitrogen and oxygen atoms in total. The van der Waals surface area contributed by atoms with E-state index in [1.807, 2.05) is 0 Å². The fourth-order valence-electron chi connectivity index (χ4n) is 4.66. The molecule has 0 N–H and O–H groups in total. The standard InChI is InChI=1S/C33H50N2.Ni/c1-5-9-11-12-13-18-24-32(34-30-21-16-14-17-22-30)33(23-15-10-6-2)35-31-26-25-28(19-7-3)29(27-31)20-8-4;/h14,16-17,21-22,25-27H,5-13,15,18-20,23-24H2,1-4H3;. The number of aryl methyl sites for hydroxylation is 2. The number of aliphatic imine (C=N–C) groups is 2. The zero-order valence-electron chi connectivity index (χ0n) is 23.4. The second-order valence-corrected chi connectivity index (χ2v) is 9.88. The summed E-state index contributed by atoms with van der Waals surface area (Å²) in [6, 6.07) is 17.4. The molecule has 0 bridgehead atoms. The van der Waals surface area contributed by atoms with Gasteiger partial charge in [-0.15, -0.1) is 0 Å². The van der Waals surface area contributed by atoms with Gasteiger partial charge >= 0.3 is 0 Å². The average Bonchev–Trinajstić information content (AvgIpc) is 2.87. The molecule has 0 aliphatic carbocycles. The quantitative estimate of drug-likeness (QED) is 0.103. The van der Waals surface area contributed by atoms with Crippen molar-refractivity contribution in [3.63, 3.8) is 0 Å². The van der Waals surface area contributed by atoms with E-state index in [0.29, 0.717) is 0 Å². The number of unbranched alkanes of at least 4 members (excludes halogenated alkanes) is 7. The second-order valence-electron chi connectivity index (χ2n) is 9.88. The number of para-hydroxylation sites is 1. The van der Waals surface area contributed by atoms with E-state index in [2.05, 4.69) is 76.2 Å². The smallest absolute Gasteiger partial charge is 0.0636 e. The van der Waals surface area contributed by atoms with E-state index in [9.17, 15) is 0 Å². The molecule has 2 aromatic rings. The van der Waals surface area contributed by atoms with E-state index in [0.717, 1.165) is 37.1 Å². The Morgan fingerprint density at radius 3 is 1.69 bits per heavy atom. The van der Waals surface area contributed by atoms with Crippen molar-refractivity contribution in [2.24, 2.45) is 9.98 Å². The molecular weight excluding hydrogens is 483 g/mol. The molecule has 202 valence electrons. The first-order chi connectivity index (χ1) is 17.2. The Balaban J connectivity index is 0.00000648. The molecule has 0 aliphatic heterocycles. The van der Waals surface area contributed by atoms with Crippen molar-refractivity contribution in [2.45, 2.75) is 124 Å². The summed E-state index contributed by atoms with van der Waals surface area (Å²) >= 11 is 0. The van der Waals surface area contributed by atoms with Gasteiger partial charge in [-0.1, -0.05) is 110 Å². The molecule has 0 spiro atoms. The first-order valence-electron chi connectivity index (χ1n) is 14.5. The van der Waals surface area contributed by atoms with Crippen molar-refractivity contribution >= 4 is 22.8 Å². The van der Waals surface area contributed by atoms with Crippen LogP contribution in [0.2, 0.25) is 0 Å². The second kappa shape index (κ2) is 20.3. The monoisotopic (exact) mass is 532 g/mol. The maximum Gasteiger partial charge on any atom is 0.0636 e. The number of hydrogen-bond donors (Lipinski definition) is 0. The summed E-state index contributed by atoms with van der Waals surface area (Å²) in [5.41, 5.74) is 7.50. The third-order valence-corrected chi connectivity index (χ3v) is 6.63. The summed E-state index contributed by atoms with van der Waals surface area (Å²) < 4.78 is 0. The van der Waals surface area contributed by atoms with Crippen LogP contribution in [0.25, 0.3) is 0 Å². The summed E-state index contributed by atoms with van der Waals surface area (Å²) in [5, 5.41) is 0. The Hall–Kier alpha value is -1.73. The van der Waals surface area contributed by atoms with Gasteiger partial charge in [-0.25, -0.2) is 0 Å². The zero-order valence-corrected chi connectivity index (χ0v) is 24.4. The van der Waals surface area contributed by atoms with Crippen LogP contribution in [0.3, 0.4) is 0 Å². The molecule has 0 radical (unpaired) electrons. The van der Waals surface area contributed by atoms with Crippen LogP contribution in [-0.4, -0.2) is 11.4 Å². The summed E-state index contributed by atoms with van der Waals surface area (Å²) in [5.74, 6) is 0. The molecule has 0 saturated heterocycles. The molecule has 36 heavy (non-hydrogen) atoms. The first kappa shape index (κ1) is 32.3. The topological polar surface area (TPSA) is 24.7 Å². The van der Waals surface area contributed by atoms with Crippen LogP contribution in [0.15, 0.2) is 58.5 Å². The maximum atomic E-state index is 5.29. The van der Waals surface area contributed by atoms with E-state index >= 15 is 0 Å². The molecule has 0 atom stereocenters. The summed E-state index contributed by atoms with van der Waals surface area (Å²) in [6.45, 7) is 9.09. The Bertz CT molecular complexity index is 886. The van der Waals surface area contributed by atoms with Crippen molar-refractivity contribution in [3.8, 4) is 0 Å². The Morgan fingerprint density at radius 2 is 1.06 bits per heavy atom. The van der Waals surface area contributed by atoms with Gasteiger partial charge in [0.15, 0.2) is 0 Å². The summed E-state index contributed by atoms with van der Waals surface area (Å²) in [4.78, 5) is 10.4. The predicted octanol–water partition coefficient (Wildman–Crippen LogP) is 10.8.